The quantitative estimate of drug-likeness (QED) is 0.924. The predicted octanol–water partition coefficient (Wildman–Crippen LogP) is 2.75. The number of ether oxygens (including phenoxy) is 1. The third kappa shape index (κ3) is 4.95. The number of carbonyl (C=O) groups is 1. The molecule has 0 aliphatic carbocycles. The number of hydrogen-bond acceptors (Lipinski definition) is 5. The van der Waals surface area contributed by atoms with E-state index in [0.29, 0.717) is 13.1 Å². The molecule has 1 atom stereocenters. The zero-order chi connectivity index (χ0) is 17.9. The Morgan fingerprint density at radius 2 is 2.08 bits per heavy atom. The van der Waals surface area contributed by atoms with Crippen LogP contribution in [-0.2, 0) is 11.3 Å². The number of nitrogens with one attached hydrogen (secondary N) is 1. The number of hydrogen-bond donors (Lipinski definition) is 1. The molecule has 2 heterocycles. The molecule has 1 fully saturated rings. The molecule has 0 saturated carbocycles. The highest BCUT2D eigenvalue weighted by molar-refractivity contribution is 5.68. The summed E-state index contributed by atoms with van der Waals surface area (Å²) in [6.45, 7) is 7.75. The molecule has 1 saturated heterocycles. The van der Waals surface area contributed by atoms with Crippen LogP contribution < -0.4 is 5.32 Å². The lowest BCUT2D eigenvalue weighted by Crippen LogP contribution is -2.36. The van der Waals surface area contributed by atoms with Gasteiger partial charge in [0.2, 0.25) is 0 Å². The summed E-state index contributed by atoms with van der Waals surface area (Å²) in [6.07, 6.45) is 3.92. The van der Waals surface area contributed by atoms with E-state index in [2.05, 4.69) is 39.7 Å². The summed E-state index contributed by atoms with van der Waals surface area (Å²) in [6, 6.07) is 8.51. The number of amides is 1. The van der Waals surface area contributed by atoms with Gasteiger partial charge in [0.05, 0.1) is 6.54 Å². The van der Waals surface area contributed by atoms with Crippen molar-refractivity contribution < 1.29 is 9.53 Å². The molecule has 0 bridgehead atoms. The monoisotopic (exact) mass is 343 g/mol. The largest absolute Gasteiger partial charge is 0.444 e. The van der Waals surface area contributed by atoms with E-state index in [4.69, 9.17) is 4.74 Å². The van der Waals surface area contributed by atoms with Gasteiger partial charge in [-0.05, 0) is 44.9 Å². The summed E-state index contributed by atoms with van der Waals surface area (Å²) in [7, 11) is 0. The van der Waals surface area contributed by atoms with Gasteiger partial charge in [0.15, 0.2) is 0 Å². The van der Waals surface area contributed by atoms with Gasteiger partial charge in [-0.3, -0.25) is 0 Å². The summed E-state index contributed by atoms with van der Waals surface area (Å²) < 4.78 is 7.22. The van der Waals surface area contributed by atoms with Crippen LogP contribution in [0.15, 0.2) is 36.9 Å². The Morgan fingerprint density at radius 1 is 1.32 bits per heavy atom. The van der Waals surface area contributed by atoms with Crippen LogP contribution in [0, 0.1) is 0 Å². The summed E-state index contributed by atoms with van der Waals surface area (Å²) in [5.74, 6) is 0. The van der Waals surface area contributed by atoms with Gasteiger partial charge in [-0.25, -0.2) is 14.5 Å². The molecule has 0 spiro atoms. The van der Waals surface area contributed by atoms with Crippen LogP contribution in [0.1, 0.15) is 32.8 Å². The first-order valence-corrected chi connectivity index (χ1v) is 8.55. The van der Waals surface area contributed by atoms with Crippen molar-refractivity contribution >= 4 is 11.8 Å². The van der Waals surface area contributed by atoms with Gasteiger partial charge in [0.1, 0.15) is 18.3 Å². The molecular formula is C18H25N5O2. The molecule has 25 heavy (non-hydrogen) atoms. The van der Waals surface area contributed by atoms with E-state index in [-0.39, 0.29) is 12.1 Å². The van der Waals surface area contributed by atoms with Crippen molar-refractivity contribution in [2.24, 2.45) is 0 Å². The zero-order valence-electron chi connectivity index (χ0n) is 15.0. The highest BCUT2D eigenvalue weighted by Gasteiger charge is 2.29. The minimum absolute atomic E-state index is 0.236. The molecule has 1 unspecified atom stereocenters. The van der Waals surface area contributed by atoms with Gasteiger partial charge in [0, 0.05) is 24.8 Å². The van der Waals surface area contributed by atoms with E-state index in [1.807, 2.05) is 20.8 Å². The fraction of sp³-hybridized carbons (Fsp3) is 0.500. The third-order valence-corrected chi connectivity index (χ3v) is 3.98. The first kappa shape index (κ1) is 17.3. The molecule has 1 amide bonds. The lowest BCUT2D eigenvalue weighted by Gasteiger charge is -2.24. The van der Waals surface area contributed by atoms with Crippen molar-refractivity contribution in [3.63, 3.8) is 0 Å². The van der Waals surface area contributed by atoms with Gasteiger partial charge >= 0.3 is 6.09 Å². The van der Waals surface area contributed by atoms with Crippen LogP contribution in [0.4, 0.5) is 10.5 Å². The van der Waals surface area contributed by atoms with Crippen LogP contribution in [0.25, 0.3) is 0 Å². The highest BCUT2D eigenvalue weighted by Crippen LogP contribution is 2.19. The van der Waals surface area contributed by atoms with Gasteiger partial charge in [-0.1, -0.05) is 12.1 Å². The second-order valence-corrected chi connectivity index (χ2v) is 7.35. The topological polar surface area (TPSA) is 72.3 Å². The van der Waals surface area contributed by atoms with Crippen LogP contribution in [0.2, 0.25) is 0 Å². The number of aromatic nitrogens is 3. The smallest absolute Gasteiger partial charge is 0.410 e. The highest BCUT2D eigenvalue weighted by atomic mass is 16.6. The Labute approximate surface area is 148 Å². The molecule has 1 aromatic heterocycles. The number of carbonyl (C=O) groups excluding carboxylic acids is 1. The van der Waals surface area contributed by atoms with Crippen molar-refractivity contribution in [1.82, 2.24) is 19.7 Å². The first-order chi connectivity index (χ1) is 11.9. The molecule has 3 rings (SSSR count). The Kier molecular flexibility index (Phi) is 4.92. The lowest BCUT2D eigenvalue weighted by molar-refractivity contribution is 0.0293. The van der Waals surface area contributed by atoms with E-state index >= 15 is 0 Å². The standard InChI is InChI=1S/C18H25N5O2/c1-18(2,3)25-17(24)22-9-8-16(11-22)21-15-6-4-14(5-7-15)10-23-13-19-12-20-23/h4-7,12-13,16,21H,8-11H2,1-3H3. The van der Waals surface area contributed by atoms with E-state index < -0.39 is 5.60 Å². The average Bonchev–Trinajstić information content (AvgIpc) is 3.19. The van der Waals surface area contributed by atoms with Gasteiger partial charge in [0.25, 0.3) is 0 Å². The first-order valence-electron chi connectivity index (χ1n) is 8.55. The summed E-state index contributed by atoms with van der Waals surface area (Å²) in [5.41, 5.74) is 1.76. The molecule has 7 nitrogen and oxygen atoms in total. The lowest BCUT2D eigenvalue weighted by atomic mass is 10.2. The number of nitrogens with zero attached hydrogens (tertiary/aromatic N) is 4. The maximum Gasteiger partial charge on any atom is 0.410 e. The predicted molar refractivity (Wildman–Crippen MR) is 95.4 cm³/mol. The Hall–Kier alpha value is -2.57. The van der Waals surface area contributed by atoms with Gasteiger partial charge in [-0.15, -0.1) is 0 Å². The average molecular weight is 343 g/mol. The Balaban J connectivity index is 1.50. The summed E-state index contributed by atoms with van der Waals surface area (Å²) in [4.78, 5) is 17.8. The van der Waals surface area contributed by atoms with E-state index in [1.54, 1.807) is 15.9 Å². The van der Waals surface area contributed by atoms with E-state index in [9.17, 15) is 4.79 Å². The Morgan fingerprint density at radius 3 is 2.72 bits per heavy atom. The third-order valence-electron chi connectivity index (χ3n) is 3.98. The van der Waals surface area contributed by atoms with Crippen LogP contribution >= 0.6 is 0 Å². The Bertz CT molecular complexity index is 691. The second kappa shape index (κ2) is 7.13. The van der Waals surface area contributed by atoms with Crippen LogP contribution in [0.5, 0.6) is 0 Å². The minimum Gasteiger partial charge on any atom is -0.444 e. The van der Waals surface area contributed by atoms with Crippen molar-refractivity contribution in [3.8, 4) is 0 Å². The number of rotatable bonds is 4. The van der Waals surface area contributed by atoms with Crippen molar-refractivity contribution in [1.29, 1.82) is 0 Å². The SMILES string of the molecule is CC(C)(C)OC(=O)N1CCC(Nc2ccc(Cn3cncn3)cc2)C1. The molecule has 134 valence electrons. The zero-order valence-corrected chi connectivity index (χ0v) is 15.0. The van der Waals surface area contributed by atoms with Crippen molar-refractivity contribution in [2.45, 2.75) is 45.4 Å². The normalized spacial score (nSPS) is 17.6. The molecule has 1 aliphatic heterocycles. The molecule has 1 aliphatic rings. The van der Waals surface area contributed by atoms with Crippen LogP contribution in [-0.4, -0.2) is 50.5 Å². The fourth-order valence-corrected chi connectivity index (χ4v) is 2.81. The van der Waals surface area contributed by atoms with Gasteiger partial charge in [-0.2, -0.15) is 5.10 Å². The number of anilines is 1. The molecule has 1 N–H and O–H groups in total. The van der Waals surface area contributed by atoms with Crippen molar-refractivity contribution in [3.05, 3.63) is 42.5 Å². The molecule has 7 heteroatoms. The molecule has 0 radical (unpaired) electrons. The maximum absolute atomic E-state index is 12.1. The number of likely N-dealkylation sites (tertiary alicyclic amines) is 1. The minimum atomic E-state index is -0.456. The van der Waals surface area contributed by atoms with Gasteiger partial charge < -0.3 is 15.0 Å². The summed E-state index contributed by atoms with van der Waals surface area (Å²) >= 11 is 0. The second-order valence-electron chi connectivity index (χ2n) is 7.35. The van der Waals surface area contributed by atoms with Crippen molar-refractivity contribution in [2.75, 3.05) is 18.4 Å². The van der Waals surface area contributed by atoms with Crippen LogP contribution in [0.3, 0.4) is 0 Å². The van der Waals surface area contributed by atoms with E-state index in [0.717, 1.165) is 24.2 Å². The maximum atomic E-state index is 12.1. The summed E-state index contributed by atoms with van der Waals surface area (Å²) in [5, 5.41) is 7.60. The number of benzene rings is 1. The molecule has 2 aromatic rings. The molecule has 1 aromatic carbocycles. The molecular weight excluding hydrogens is 318 g/mol. The fourth-order valence-electron chi connectivity index (χ4n) is 2.81. The van der Waals surface area contributed by atoms with E-state index in [1.165, 1.54) is 6.33 Å².